The fraction of sp³-hybridized carbons (Fsp3) is 0.353. The van der Waals surface area contributed by atoms with E-state index in [0.717, 1.165) is 0 Å². The predicted molar refractivity (Wildman–Crippen MR) is 104 cm³/mol. The summed E-state index contributed by atoms with van der Waals surface area (Å²) in [6.45, 7) is -0.773. The maximum Gasteiger partial charge on any atom is 0.469 e. The molecule has 3 aromatic rings. The lowest BCUT2D eigenvalue weighted by Crippen LogP contribution is -2.46. The molecule has 1 aromatic carbocycles. The average Bonchev–Trinajstić information content (AvgIpc) is 3.19. The number of phosphoric ester groups is 1. The highest BCUT2D eigenvalue weighted by atomic mass is 31.2. The highest BCUT2D eigenvalue weighted by Crippen LogP contribution is 2.37. The van der Waals surface area contributed by atoms with Gasteiger partial charge in [-0.3, -0.25) is 18.9 Å². The Balaban J connectivity index is 1.75. The van der Waals surface area contributed by atoms with E-state index in [9.17, 15) is 24.0 Å². The zero-order valence-electron chi connectivity index (χ0n) is 16.3. The standard InChI is InChI=1S/C17H19FN5O8P/c18-9-4-2-1-3-8(9)5-22-7-23(14-11(22)15(26)21-17(19)20-14)16-13(25)12(24)10(31-16)6-30-32(27,28)29/h1-4,7,10,12-13,16,24-25H,5-6H2,(H4-,19,20,21,26,27,28,29)/p+1/t10-,12-,13-,16-/m1/s1. The number of nitrogens with two attached hydrogens (primary N) is 1. The molecule has 172 valence electrons. The van der Waals surface area contributed by atoms with Crippen LogP contribution in [0.2, 0.25) is 0 Å². The van der Waals surface area contributed by atoms with Crippen LogP contribution >= 0.6 is 7.82 Å². The molecule has 13 nitrogen and oxygen atoms in total. The van der Waals surface area contributed by atoms with E-state index in [-0.39, 0.29) is 29.2 Å². The number of aliphatic hydroxyl groups is 2. The molecule has 1 fully saturated rings. The zero-order valence-corrected chi connectivity index (χ0v) is 17.2. The van der Waals surface area contributed by atoms with Crippen LogP contribution in [-0.4, -0.2) is 59.5 Å². The number of fused-ring (bicyclic) bond motifs is 1. The van der Waals surface area contributed by atoms with E-state index >= 15 is 0 Å². The van der Waals surface area contributed by atoms with Crippen molar-refractivity contribution in [3.05, 3.63) is 52.3 Å². The fourth-order valence-electron chi connectivity index (χ4n) is 3.56. The minimum Gasteiger partial charge on any atom is -0.387 e. The van der Waals surface area contributed by atoms with Crippen molar-refractivity contribution in [3.8, 4) is 0 Å². The summed E-state index contributed by atoms with van der Waals surface area (Å²) in [5, 5.41) is 20.7. The first kappa shape index (κ1) is 22.5. The molecule has 7 N–H and O–H groups in total. The second-order valence-electron chi connectivity index (χ2n) is 7.20. The third-order valence-corrected chi connectivity index (χ3v) is 5.49. The van der Waals surface area contributed by atoms with Gasteiger partial charge in [0.1, 0.15) is 24.1 Å². The summed E-state index contributed by atoms with van der Waals surface area (Å²) in [4.78, 5) is 36.7. The number of nitrogens with zero attached hydrogens (tertiary/aromatic N) is 3. The van der Waals surface area contributed by atoms with E-state index in [1.54, 1.807) is 6.07 Å². The topological polar surface area (TPSA) is 197 Å². The first-order chi connectivity index (χ1) is 15.0. The number of hydrogen-bond acceptors (Lipinski definition) is 8. The number of imidazole rings is 1. The van der Waals surface area contributed by atoms with E-state index in [4.69, 9.17) is 20.3 Å². The molecule has 1 saturated heterocycles. The summed E-state index contributed by atoms with van der Waals surface area (Å²) in [6, 6.07) is 5.95. The quantitative estimate of drug-likeness (QED) is 0.182. The zero-order chi connectivity index (χ0) is 23.2. The van der Waals surface area contributed by atoms with Crippen molar-refractivity contribution in [1.82, 2.24) is 14.5 Å². The van der Waals surface area contributed by atoms with Gasteiger partial charge in [-0.2, -0.15) is 0 Å². The summed E-state index contributed by atoms with van der Waals surface area (Å²) in [7, 11) is -4.84. The molecule has 4 rings (SSSR count). The highest BCUT2D eigenvalue weighted by Gasteiger charge is 2.47. The van der Waals surface area contributed by atoms with Gasteiger partial charge in [0.2, 0.25) is 11.7 Å². The van der Waals surface area contributed by atoms with Crippen LogP contribution in [0.5, 0.6) is 0 Å². The molecule has 3 heterocycles. The van der Waals surface area contributed by atoms with Gasteiger partial charge in [-0.1, -0.05) is 23.2 Å². The fourth-order valence-corrected chi connectivity index (χ4v) is 3.90. The largest absolute Gasteiger partial charge is 0.469 e. The van der Waals surface area contributed by atoms with Crippen molar-refractivity contribution < 1.29 is 42.8 Å². The molecule has 32 heavy (non-hydrogen) atoms. The van der Waals surface area contributed by atoms with E-state index in [0.29, 0.717) is 0 Å². The molecule has 0 saturated carbocycles. The van der Waals surface area contributed by atoms with Gasteiger partial charge in [0.25, 0.3) is 11.5 Å². The van der Waals surface area contributed by atoms with Crippen molar-refractivity contribution in [2.24, 2.45) is 0 Å². The first-order valence-electron chi connectivity index (χ1n) is 9.30. The van der Waals surface area contributed by atoms with Crippen LogP contribution in [-0.2, 0) is 20.4 Å². The van der Waals surface area contributed by atoms with Crippen LogP contribution in [0.25, 0.3) is 11.2 Å². The maximum atomic E-state index is 14.2. The lowest BCUT2D eigenvalue weighted by Gasteiger charge is -2.14. The third-order valence-electron chi connectivity index (χ3n) is 5.01. The van der Waals surface area contributed by atoms with Crippen molar-refractivity contribution in [3.63, 3.8) is 0 Å². The Kier molecular flexibility index (Phi) is 5.85. The second kappa shape index (κ2) is 8.33. The van der Waals surface area contributed by atoms with Crippen LogP contribution in [0, 0.1) is 5.82 Å². The molecular formula is C17H20FN5O8P+. The third kappa shape index (κ3) is 4.29. The normalized spacial score (nSPS) is 23.8. The number of hydrogen-bond donors (Lipinski definition) is 6. The number of nitrogens with one attached hydrogen (secondary N) is 1. The van der Waals surface area contributed by atoms with E-state index in [1.165, 1.54) is 33.7 Å². The Hall–Kier alpha value is -2.71. The van der Waals surface area contributed by atoms with Gasteiger partial charge in [-0.25, -0.2) is 13.5 Å². The molecular weight excluding hydrogens is 452 g/mol. The molecule has 0 radical (unpaired) electrons. The smallest absolute Gasteiger partial charge is 0.387 e. The number of aliphatic hydroxyl groups excluding tert-OH is 2. The van der Waals surface area contributed by atoms with Gasteiger partial charge in [0, 0.05) is 5.56 Å². The molecule has 1 aliphatic rings. The number of H-pyrrole nitrogens is 1. The van der Waals surface area contributed by atoms with Crippen LogP contribution in [0.4, 0.5) is 10.3 Å². The van der Waals surface area contributed by atoms with Gasteiger partial charge < -0.3 is 30.5 Å². The molecule has 2 aromatic heterocycles. The Labute approximate surface area is 178 Å². The molecule has 0 bridgehead atoms. The average molecular weight is 472 g/mol. The van der Waals surface area contributed by atoms with E-state index in [2.05, 4.69) is 14.5 Å². The number of phosphoric acid groups is 1. The number of aromatic nitrogens is 4. The van der Waals surface area contributed by atoms with Gasteiger partial charge >= 0.3 is 13.5 Å². The second-order valence-corrected chi connectivity index (χ2v) is 8.44. The number of nitrogen functional groups attached to an aromatic ring is 1. The Morgan fingerprint density at radius 1 is 1.31 bits per heavy atom. The number of ether oxygens (including phenoxy) is 1. The number of benzene rings is 1. The summed E-state index contributed by atoms with van der Waals surface area (Å²) < 4.78 is 37.7. The molecule has 0 amide bonds. The predicted octanol–water partition coefficient (Wildman–Crippen LogP) is -1.49. The van der Waals surface area contributed by atoms with Crippen molar-refractivity contribution in [1.29, 1.82) is 0 Å². The van der Waals surface area contributed by atoms with Crippen LogP contribution in [0.3, 0.4) is 0 Å². The lowest BCUT2D eigenvalue weighted by atomic mass is 10.1. The molecule has 1 aliphatic heterocycles. The first-order valence-corrected chi connectivity index (χ1v) is 10.8. The Morgan fingerprint density at radius 3 is 2.72 bits per heavy atom. The molecule has 0 unspecified atom stereocenters. The van der Waals surface area contributed by atoms with Crippen molar-refractivity contribution in [2.75, 3.05) is 12.3 Å². The number of aromatic amines is 1. The number of halogens is 1. The molecule has 15 heteroatoms. The van der Waals surface area contributed by atoms with Crippen LogP contribution < -0.4 is 15.9 Å². The summed E-state index contributed by atoms with van der Waals surface area (Å²) in [5.41, 5.74) is 5.28. The monoisotopic (exact) mass is 472 g/mol. The van der Waals surface area contributed by atoms with Crippen molar-refractivity contribution in [2.45, 2.75) is 31.1 Å². The summed E-state index contributed by atoms with van der Waals surface area (Å²) in [6.07, 6.45) is -4.40. The highest BCUT2D eigenvalue weighted by molar-refractivity contribution is 7.46. The molecule has 0 aliphatic carbocycles. The van der Waals surface area contributed by atoms with Gasteiger partial charge in [-0.15, -0.1) is 0 Å². The van der Waals surface area contributed by atoms with Crippen molar-refractivity contribution >= 4 is 24.9 Å². The molecule has 4 atom stereocenters. The van der Waals surface area contributed by atoms with E-state index < -0.39 is 50.3 Å². The number of rotatable bonds is 6. The Morgan fingerprint density at radius 2 is 2.03 bits per heavy atom. The van der Waals surface area contributed by atoms with Gasteiger partial charge in [-0.05, 0) is 6.07 Å². The summed E-state index contributed by atoms with van der Waals surface area (Å²) >= 11 is 0. The van der Waals surface area contributed by atoms with Crippen LogP contribution in [0.15, 0.2) is 35.4 Å². The SMILES string of the molecule is Nc1nc2c(c(=O)[nH]1)n(Cc1ccccc1F)c[n+]2[C@@H]1O[C@H](COP(=O)(O)O)[C@@H](O)[C@H]1O. The lowest BCUT2D eigenvalue weighted by molar-refractivity contribution is -0.745. The Bertz CT molecular complexity index is 1260. The molecule has 0 spiro atoms. The van der Waals surface area contributed by atoms with E-state index in [1.807, 2.05) is 0 Å². The minimum atomic E-state index is -4.84. The van der Waals surface area contributed by atoms with Gasteiger partial charge in [0.15, 0.2) is 6.33 Å². The van der Waals surface area contributed by atoms with Crippen LogP contribution in [0.1, 0.15) is 11.8 Å². The maximum absolute atomic E-state index is 14.2. The summed E-state index contributed by atoms with van der Waals surface area (Å²) in [5.74, 6) is -0.725. The number of anilines is 1. The minimum absolute atomic E-state index is 0.00246. The van der Waals surface area contributed by atoms with Gasteiger partial charge in [0.05, 0.1) is 13.2 Å².